The SMILES string of the molecule is CCCCC/C=C\C/C=C\CCCCCCCCCCCCCC(=O)NC(COP(=O)([O-])OCC[N+](C)(C)C)C(/C=C/CCCCCCCCCCC)OC(=O)CCCCCCCCCCCCC/C=C/CCCCCCCC. The second kappa shape index (κ2) is 59.1. The van der Waals surface area contributed by atoms with Crippen molar-refractivity contribution in [3.63, 3.8) is 0 Å². The predicted molar refractivity (Wildman–Crippen MR) is 339 cm³/mol. The number of hydrogen-bond donors (Lipinski definition) is 1. The minimum absolute atomic E-state index is 0.0219. The molecule has 0 spiro atoms. The van der Waals surface area contributed by atoms with Gasteiger partial charge in [0.15, 0.2) is 0 Å². The van der Waals surface area contributed by atoms with Gasteiger partial charge in [0.1, 0.15) is 19.3 Å². The number of nitrogens with one attached hydrogen (secondary N) is 1. The molecule has 0 radical (unpaired) electrons. The van der Waals surface area contributed by atoms with Crippen molar-refractivity contribution in [3.05, 3.63) is 48.6 Å². The second-order valence-corrected chi connectivity index (χ2v) is 25.7. The van der Waals surface area contributed by atoms with Crippen LogP contribution in [0.4, 0.5) is 0 Å². The van der Waals surface area contributed by atoms with Gasteiger partial charge in [-0.25, -0.2) is 0 Å². The van der Waals surface area contributed by atoms with Crippen molar-refractivity contribution in [2.45, 2.75) is 341 Å². The maximum absolute atomic E-state index is 13.6. The van der Waals surface area contributed by atoms with Crippen LogP contribution in [-0.2, 0) is 27.9 Å². The molecule has 0 aromatic carbocycles. The summed E-state index contributed by atoms with van der Waals surface area (Å²) in [5.41, 5.74) is 0. The molecule has 0 aliphatic heterocycles. The molecule has 464 valence electrons. The van der Waals surface area contributed by atoms with Crippen LogP contribution in [0, 0.1) is 0 Å². The van der Waals surface area contributed by atoms with Crippen LogP contribution >= 0.6 is 7.82 Å². The number of carbonyl (C=O) groups excluding carboxylic acids is 2. The van der Waals surface area contributed by atoms with Crippen molar-refractivity contribution < 1.29 is 37.3 Å². The summed E-state index contributed by atoms with van der Waals surface area (Å²) >= 11 is 0. The van der Waals surface area contributed by atoms with E-state index in [4.69, 9.17) is 13.8 Å². The zero-order chi connectivity index (χ0) is 57.9. The first-order chi connectivity index (χ1) is 38.4. The molecule has 1 amide bonds. The number of ether oxygens (including phenoxy) is 1. The van der Waals surface area contributed by atoms with E-state index in [2.05, 4.69) is 62.5 Å². The molecule has 9 nitrogen and oxygen atoms in total. The number of carbonyl (C=O) groups is 2. The van der Waals surface area contributed by atoms with Crippen LogP contribution in [0.2, 0.25) is 0 Å². The van der Waals surface area contributed by atoms with Gasteiger partial charge in [-0.2, -0.15) is 0 Å². The van der Waals surface area contributed by atoms with Gasteiger partial charge in [-0.1, -0.05) is 275 Å². The summed E-state index contributed by atoms with van der Waals surface area (Å²) < 4.78 is 30.4. The lowest BCUT2D eigenvalue weighted by atomic mass is 10.0. The molecule has 0 aliphatic rings. The standard InChI is InChI=1S/C69H131N2O7P/c1-7-10-13-16-19-22-25-27-29-31-33-35-37-39-41-43-46-49-52-55-58-61-68(72)70-66(65-77-79(74,75)76-64-63-71(4,5)6)67(60-57-54-51-48-45-24-21-18-15-12-9-3)78-69(73)62-59-56-53-50-47-44-42-40-38-36-34-32-30-28-26-23-20-17-14-11-8-2/h19,22,27-30,57,60,66-67H,7-18,20-21,23-26,31-56,58-59,61-65H2,1-6H3,(H-,70,72,74,75)/b22-19-,29-27-,30-28+,60-57+. The van der Waals surface area contributed by atoms with E-state index < -0.39 is 20.0 Å². The molecule has 79 heavy (non-hydrogen) atoms. The van der Waals surface area contributed by atoms with Crippen LogP contribution < -0.4 is 10.2 Å². The molecule has 10 heteroatoms. The Bertz CT molecular complexity index is 1490. The van der Waals surface area contributed by atoms with Gasteiger partial charge in [0.05, 0.1) is 33.8 Å². The number of esters is 1. The lowest BCUT2D eigenvalue weighted by Gasteiger charge is -2.30. The van der Waals surface area contributed by atoms with Gasteiger partial charge in [0.25, 0.3) is 7.82 Å². The third kappa shape index (κ3) is 60.4. The van der Waals surface area contributed by atoms with E-state index in [1.807, 2.05) is 33.3 Å². The van der Waals surface area contributed by atoms with Crippen molar-refractivity contribution in [2.24, 2.45) is 0 Å². The fourth-order valence-corrected chi connectivity index (χ4v) is 10.7. The van der Waals surface area contributed by atoms with E-state index >= 15 is 0 Å². The Kier molecular flexibility index (Phi) is 57.6. The lowest BCUT2D eigenvalue weighted by molar-refractivity contribution is -0.870. The molecule has 0 aliphatic carbocycles. The number of rotatable bonds is 62. The summed E-state index contributed by atoms with van der Waals surface area (Å²) in [4.78, 5) is 40.1. The summed E-state index contributed by atoms with van der Waals surface area (Å²) in [6.45, 7) is 6.85. The lowest BCUT2D eigenvalue weighted by Crippen LogP contribution is -2.47. The van der Waals surface area contributed by atoms with E-state index in [0.717, 1.165) is 64.2 Å². The van der Waals surface area contributed by atoms with Crippen molar-refractivity contribution >= 4 is 19.7 Å². The average molecular weight is 1130 g/mol. The van der Waals surface area contributed by atoms with Crippen LogP contribution in [-0.4, -0.2) is 69.4 Å². The zero-order valence-electron chi connectivity index (χ0n) is 53.1. The highest BCUT2D eigenvalue weighted by Gasteiger charge is 2.27. The molecular formula is C69H131N2O7P. The molecule has 0 rings (SSSR count). The topological polar surface area (TPSA) is 114 Å². The first-order valence-corrected chi connectivity index (χ1v) is 35.4. The number of phosphoric acid groups is 1. The minimum atomic E-state index is -4.70. The molecule has 0 aromatic rings. The van der Waals surface area contributed by atoms with E-state index in [9.17, 15) is 19.0 Å². The first-order valence-electron chi connectivity index (χ1n) is 33.9. The van der Waals surface area contributed by atoms with Gasteiger partial charge in [-0.05, 0) is 89.5 Å². The highest BCUT2D eigenvalue weighted by molar-refractivity contribution is 7.45. The van der Waals surface area contributed by atoms with Gasteiger partial charge in [0, 0.05) is 12.8 Å². The third-order valence-corrected chi connectivity index (χ3v) is 16.2. The van der Waals surface area contributed by atoms with Crippen LogP contribution in [0.5, 0.6) is 0 Å². The van der Waals surface area contributed by atoms with Crippen molar-refractivity contribution in [3.8, 4) is 0 Å². The van der Waals surface area contributed by atoms with E-state index in [1.165, 1.54) is 231 Å². The number of allylic oxidation sites excluding steroid dienone is 7. The second-order valence-electron chi connectivity index (χ2n) is 24.3. The number of hydrogen-bond acceptors (Lipinski definition) is 7. The largest absolute Gasteiger partial charge is 0.756 e. The van der Waals surface area contributed by atoms with Gasteiger partial charge in [0.2, 0.25) is 5.91 Å². The summed E-state index contributed by atoms with van der Waals surface area (Å²) in [5.74, 6) is -0.532. The normalized spacial score (nSPS) is 13.9. The Hall–Kier alpha value is -2.03. The number of nitrogens with zero attached hydrogens (tertiary/aromatic N) is 1. The van der Waals surface area contributed by atoms with E-state index in [-0.39, 0.29) is 31.5 Å². The Balaban J connectivity index is 5.08. The fourth-order valence-electron chi connectivity index (χ4n) is 9.96. The monoisotopic (exact) mass is 1130 g/mol. The highest BCUT2D eigenvalue weighted by Crippen LogP contribution is 2.38. The molecule has 0 aromatic heterocycles. The predicted octanol–water partition coefficient (Wildman–Crippen LogP) is 20.6. The minimum Gasteiger partial charge on any atom is -0.756 e. The zero-order valence-corrected chi connectivity index (χ0v) is 54.0. The molecule has 1 N–H and O–H groups in total. The number of amides is 1. The van der Waals surface area contributed by atoms with E-state index in [0.29, 0.717) is 17.4 Å². The van der Waals surface area contributed by atoms with Gasteiger partial charge < -0.3 is 28.5 Å². The molecule has 0 fully saturated rings. The fraction of sp³-hybridized carbons (Fsp3) is 0.855. The number of likely N-dealkylation sites (N-methyl/N-ethyl adjacent to an activating group) is 1. The smallest absolute Gasteiger partial charge is 0.306 e. The third-order valence-electron chi connectivity index (χ3n) is 15.2. The van der Waals surface area contributed by atoms with Gasteiger partial charge in [-0.3, -0.25) is 14.2 Å². The number of unbranched alkanes of at least 4 members (excludes halogenated alkanes) is 40. The van der Waals surface area contributed by atoms with Crippen molar-refractivity contribution in [1.82, 2.24) is 5.32 Å². The maximum atomic E-state index is 13.6. The Labute approximate surface area is 490 Å². The summed E-state index contributed by atoms with van der Waals surface area (Å²) in [7, 11) is 1.19. The molecule has 0 saturated carbocycles. The number of quaternary nitrogens is 1. The average Bonchev–Trinajstić information content (AvgIpc) is 3.41. The van der Waals surface area contributed by atoms with Crippen molar-refractivity contribution in [2.75, 3.05) is 40.9 Å². The van der Waals surface area contributed by atoms with E-state index in [1.54, 1.807) is 0 Å². The first kappa shape index (κ1) is 77.0. The summed E-state index contributed by atoms with van der Waals surface area (Å²) in [6.07, 6.45) is 73.7. The van der Waals surface area contributed by atoms with Crippen LogP contribution in [0.25, 0.3) is 0 Å². The molecule has 3 atom stereocenters. The van der Waals surface area contributed by atoms with Crippen LogP contribution in [0.3, 0.4) is 0 Å². The maximum Gasteiger partial charge on any atom is 0.306 e. The molecule has 0 bridgehead atoms. The quantitative estimate of drug-likeness (QED) is 0.0212. The Morgan fingerprint density at radius 1 is 0.443 bits per heavy atom. The van der Waals surface area contributed by atoms with Gasteiger partial charge >= 0.3 is 5.97 Å². The Morgan fingerprint density at radius 2 is 0.772 bits per heavy atom. The van der Waals surface area contributed by atoms with Gasteiger partial charge in [-0.15, -0.1) is 0 Å². The summed E-state index contributed by atoms with van der Waals surface area (Å²) in [6, 6.07) is -0.888. The van der Waals surface area contributed by atoms with Crippen LogP contribution in [0.1, 0.15) is 329 Å². The molecular weight excluding hydrogens is 1000 g/mol. The Morgan fingerprint density at radius 3 is 1.18 bits per heavy atom. The van der Waals surface area contributed by atoms with Crippen LogP contribution in [0.15, 0.2) is 48.6 Å². The highest BCUT2D eigenvalue weighted by atomic mass is 31.2. The molecule has 0 heterocycles. The number of phosphoric ester groups is 1. The molecule has 0 saturated heterocycles. The van der Waals surface area contributed by atoms with Crippen molar-refractivity contribution in [1.29, 1.82) is 0 Å². The summed E-state index contributed by atoms with van der Waals surface area (Å²) in [5, 5.41) is 3.04. The molecule has 3 unspecified atom stereocenters.